The summed E-state index contributed by atoms with van der Waals surface area (Å²) in [6, 6.07) is 12.9. The minimum Gasteiger partial charge on any atom is -0.475 e. The van der Waals surface area contributed by atoms with Crippen LogP contribution in [0.2, 0.25) is 0 Å². The zero-order valence-electron chi connectivity index (χ0n) is 24.5. The summed E-state index contributed by atoms with van der Waals surface area (Å²) in [7, 11) is 0. The average Bonchev–Trinajstić information content (AvgIpc) is 3.11. The summed E-state index contributed by atoms with van der Waals surface area (Å²) < 4.78 is 103. The van der Waals surface area contributed by atoms with Gasteiger partial charge in [0.2, 0.25) is 5.91 Å². The molecule has 19 heteroatoms. The van der Waals surface area contributed by atoms with Crippen LogP contribution in [0.25, 0.3) is 0 Å². The van der Waals surface area contributed by atoms with E-state index >= 15 is 0 Å². The number of rotatable bonds is 3. The highest BCUT2D eigenvalue weighted by atomic mass is 19.4. The average molecular weight is 696 g/mol. The van der Waals surface area contributed by atoms with Gasteiger partial charge in [-0.3, -0.25) is 9.78 Å². The van der Waals surface area contributed by atoms with Crippen LogP contribution in [0.3, 0.4) is 0 Å². The maximum atomic E-state index is 13.9. The number of fused-ring (bicyclic) bond motifs is 1. The normalized spacial score (nSPS) is 16.1. The number of carboxylic acids is 2. The maximum absolute atomic E-state index is 13.9. The molecule has 10 nitrogen and oxygen atoms in total. The molecule has 2 aliphatic rings. The highest BCUT2D eigenvalue weighted by Crippen LogP contribution is 2.42. The van der Waals surface area contributed by atoms with Crippen molar-refractivity contribution in [2.24, 2.45) is 5.41 Å². The van der Waals surface area contributed by atoms with Gasteiger partial charge in [0.25, 0.3) is 0 Å². The number of carbonyl (C=O) groups excluding carboxylic acids is 1. The summed E-state index contributed by atoms with van der Waals surface area (Å²) in [6.07, 6.45) is -8.57. The number of pyridine rings is 1. The Morgan fingerprint density at radius 3 is 1.90 bits per heavy atom. The lowest BCUT2D eigenvalue weighted by atomic mass is 9.73. The van der Waals surface area contributed by atoms with Crippen LogP contribution in [0.5, 0.6) is 0 Å². The molecule has 1 saturated heterocycles. The molecule has 4 heterocycles. The van der Waals surface area contributed by atoms with E-state index in [4.69, 9.17) is 19.8 Å². The molecule has 1 spiro atoms. The monoisotopic (exact) mass is 695 g/mol. The van der Waals surface area contributed by atoms with E-state index in [1.54, 1.807) is 12.4 Å². The molecule has 260 valence electrons. The third kappa shape index (κ3) is 10.0. The Labute approximate surface area is 265 Å². The fraction of sp³-hybridized carbons (Fsp3) is 0.379. The van der Waals surface area contributed by atoms with E-state index in [0.717, 1.165) is 29.1 Å². The number of hydrogen-bond acceptors (Lipinski definition) is 7. The lowest BCUT2D eigenvalue weighted by Gasteiger charge is -2.42. The van der Waals surface area contributed by atoms with Gasteiger partial charge in [-0.2, -0.15) is 39.5 Å². The van der Waals surface area contributed by atoms with Crippen LogP contribution in [0, 0.1) is 5.41 Å². The molecular formula is C29H26F9N5O5. The fourth-order valence-electron chi connectivity index (χ4n) is 5.01. The van der Waals surface area contributed by atoms with E-state index in [1.165, 1.54) is 0 Å². The Morgan fingerprint density at radius 2 is 1.40 bits per heavy atom. The summed E-state index contributed by atoms with van der Waals surface area (Å²) in [5, 5.41) is 14.2. The number of alkyl halides is 9. The second-order valence-electron chi connectivity index (χ2n) is 10.6. The Bertz CT molecular complexity index is 1550. The van der Waals surface area contributed by atoms with Crippen molar-refractivity contribution >= 4 is 23.7 Å². The topological polar surface area (TPSA) is 137 Å². The number of nitrogens with zero attached hydrogens (tertiary/aromatic N) is 5. The van der Waals surface area contributed by atoms with Crippen molar-refractivity contribution < 1.29 is 64.1 Å². The number of benzene rings is 1. The number of amides is 1. The SMILES string of the molecule is O=C(O)C(F)(F)F.O=C(O)C(F)(F)F.O=C1N(Cc2cccnc2)Cc2ccccc2CC12CCN(c1cc(C(F)(F)F)ncn1)CC2. The summed E-state index contributed by atoms with van der Waals surface area (Å²) >= 11 is 0. The van der Waals surface area contributed by atoms with Gasteiger partial charge in [0, 0.05) is 44.6 Å². The van der Waals surface area contributed by atoms with E-state index in [2.05, 4.69) is 27.1 Å². The van der Waals surface area contributed by atoms with Crippen molar-refractivity contribution in [2.45, 2.75) is 50.9 Å². The van der Waals surface area contributed by atoms with Gasteiger partial charge in [0.15, 0.2) is 0 Å². The first-order valence-corrected chi connectivity index (χ1v) is 13.7. The van der Waals surface area contributed by atoms with E-state index in [-0.39, 0.29) is 11.7 Å². The van der Waals surface area contributed by atoms with E-state index in [1.807, 2.05) is 34.1 Å². The van der Waals surface area contributed by atoms with Crippen LogP contribution < -0.4 is 4.90 Å². The largest absolute Gasteiger partial charge is 0.490 e. The summed E-state index contributed by atoms with van der Waals surface area (Å²) in [5.41, 5.74) is 1.68. The molecule has 48 heavy (non-hydrogen) atoms. The molecule has 1 amide bonds. The summed E-state index contributed by atoms with van der Waals surface area (Å²) in [4.78, 5) is 47.0. The minimum atomic E-state index is -5.08. The van der Waals surface area contributed by atoms with Crippen molar-refractivity contribution in [3.8, 4) is 0 Å². The van der Waals surface area contributed by atoms with Gasteiger partial charge in [-0.15, -0.1) is 0 Å². The smallest absolute Gasteiger partial charge is 0.475 e. The maximum Gasteiger partial charge on any atom is 0.490 e. The molecule has 0 saturated carbocycles. The number of aromatic nitrogens is 3. The minimum absolute atomic E-state index is 0.0888. The van der Waals surface area contributed by atoms with Gasteiger partial charge in [-0.25, -0.2) is 19.6 Å². The number of anilines is 1. The lowest BCUT2D eigenvalue weighted by Crippen LogP contribution is -2.50. The highest BCUT2D eigenvalue weighted by Gasteiger charge is 2.46. The van der Waals surface area contributed by atoms with E-state index < -0.39 is 41.6 Å². The molecule has 2 aliphatic heterocycles. The van der Waals surface area contributed by atoms with Gasteiger partial charge >= 0.3 is 30.5 Å². The third-order valence-electron chi connectivity index (χ3n) is 7.32. The second-order valence-corrected chi connectivity index (χ2v) is 10.6. The van der Waals surface area contributed by atoms with E-state index in [9.17, 15) is 44.3 Å². The van der Waals surface area contributed by atoms with Gasteiger partial charge in [0.1, 0.15) is 17.8 Å². The molecule has 3 aromatic rings. The number of piperidine rings is 1. The summed E-state index contributed by atoms with van der Waals surface area (Å²) in [5.74, 6) is -5.18. The van der Waals surface area contributed by atoms with Gasteiger partial charge < -0.3 is 20.0 Å². The molecule has 2 N–H and O–H groups in total. The van der Waals surface area contributed by atoms with Crippen LogP contribution in [-0.2, 0) is 40.1 Å². The van der Waals surface area contributed by atoms with E-state index in [0.29, 0.717) is 45.4 Å². The highest BCUT2D eigenvalue weighted by molar-refractivity contribution is 5.84. The predicted octanol–water partition coefficient (Wildman–Crippen LogP) is 5.53. The number of halogens is 9. The first-order chi connectivity index (χ1) is 22.2. The molecule has 0 atom stereocenters. The zero-order valence-corrected chi connectivity index (χ0v) is 24.5. The quantitative estimate of drug-likeness (QED) is 0.339. The van der Waals surface area contributed by atoms with Crippen molar-refractivity contribution in [1.82, 2.24) is 19.9 Å². The third-order valence-corrected chi connectivity index (χ3v) is 7.32. The molecule has 1 fully saturated rings. The summed E-state index contributed by atoms with van der Waals surface area (Å²) in [6.45, 7) is 1.88. The molecule has 0 radical (unpaired) electrons. The number of aliphatic carboxylic acids is 2. The Balaban J connectivity index is 0.000000376. The standard InChI is InChI=1S/C25H24F3N5O.2C2HF3O2/c26-25(27,28)21-12-22(31-17-30-21)32-10-7-24(8-11-32)13-19-5-1-2-6-20(19)16-33(23(24)34)15-18-4-3-9-29-14-18;2*3-2(4,5)1(6)7/h1-6,9,12,14,17H,7-8,10-11,13,15-16H2;2*(H,6,7). The molecule has 2 aromatic heterocycles. The van der Waals surface area contributed by atoms with Crippen molar-refractivity contribution in [3.05, 3.63) is 83.6 Å². The second kappa shape index (κ2) is 14.8. The zero-order chi connectivity index (χ0) is 35.9. The molecule has 1 aromatic carbocycles. The first kappa shape index (κ1) is 37.5. The van der Waals surface area contributed by atoms with Crippen LogP contribution in [0.15, 0.2) is 61.2 Å². The van der Waals surface area contributed by atoms with Crippen molar-refractivity contribution in [2.75, 3.05) is 18.0 Å². The first-order valence-electron chi connectivity index (χ1n) is 13.7. The number of hydrogen-bond donors (Lipinski definition) is 2. The Hall–Kier alpha value is -4.97. The van der Waals surface area contributed by atoms with Crippen LogP contribution in [0.4, 0.5) is 45.3 Å². The molecular weight excluding hydrogens is 669 g/mol. The molecule has 0 unspecified atom stereocenters. The van der Waals surface area contributed by atoms with Crippen molar-refractivity contribution in [1.29, 1.82) is 0 Å². The lowest BCUT2D eigenvalue weighted by molar-refractivity contribution is -0.193. The Morgan fingerprint density at radius 1 is 0.833 bits per heavy atom. The molecule has 0 aliphatic carbocycles. The molecule has 0 bridgehead atoms. The van der Waals surface area contributed by atoms with Crippen LogP contribution >= 0.6 is 0 Å². The van der Waals surface area contributed by atoms with Gasteiger partial charge in [0.05, 0.1) is 5.41 Å². The fourth-order valence-corrected chi connectivity index (χ4v) is 5.01. The molecule has 5 rings (SSSR count). The van der Waals surface area contributed by atoms with Crippen LogP contribution in [-0.4, -0.2) is 73.4 Å². The number of carboxylic acid groups (broad SMARTS) is 2. The van der Waals surface area contributed by atoms with Gasteiger partial charge in [-0.1, -0.05) is 30.3 Å². The van der Waals surface area contributed by atoms with Gasteiger partial charge in [-0.05, 0) is 42.0 Å². The predicted molar refractivity (Wildman–Crippen MR) is 147 cm³/mol. The van der Waals surface area contributed by atoms with Crippen molar-refractivity contribution in [3.63, 3.8) is 0 Å². The van der Waals surface area contributed by atoms with Crippen LogP contribution in [0.1, 0.15) is 35.2 Å². The number of carbonyl (C=O) groups is 3. The Kier molecular flexibility index (Phi) is 11.6.